The van der Waals surface area contributed by atoms with Crippen molar-refractivity contribution in [1.82, 2.24) is 4.72 Å². The van der Waals surface area contributed by atoms with Crippen molar-refractivity contribution in [2.75, 3.05) is 13.7 Å². The lowest BCUT2D eigenvalue weighted by atomic mass is 10.2. The molecule has 1 heterocycles. The van der Waals surface area contributed by atoms with E-state index in [0.717, 1.165) is 4.88 Å². The molecular formula is C15H15NO5S2. The number of carbonyl (C=O) groups is 2. The SMILES string of the molecule is CNS(=O)(=O)c1ccc(C(=O)OCC(=O)c2ccc(C)s2)cc1. The summed E-state index contributed by atoms with van der Waals surface area (Å²) in [6.07, 6.45) is 0. The zero-order chi connectivity index (χ0) is 17.0. The number of ether oxygens (including phenoxy) is 1. The summed E-state index contributed by atoms with van der Waals surface area (Å²) in [6.45, 7) is 1.53. The van der Waals surface area contributed by atoms with E-state index in [4.69, 9.17) is 4.74 Å². The Morgan fingerprint density at radius 1 is 1.13 bits per heavy atom. The van der Waals surface area contributed by atoms with Gasteiger partial charge in [-0.1, -0.05) is 0 Å². The van der Waals surface area contributed by atoms with Crippen LogP contribution < -0.4 is 4.72 Å². The van der Waals surface area contributed by atoms with Crippen LogP contribution in [0.25, 0.3) is 0 Å². The van der Waals surface area contributed by atoms with Crippen LogP contribution in [0.15, 0.2) is 41.3 Å². The van der Waals surface area contributed by atoms with Crippen LogP contribution in [0.5, 0.6) is 0 Å². The molecule has 0 atom stereocenters. The summed E-state index contributed by atoms with van der Waals surface area (Å²) >= 11 is 1.34. The first-order chi connectivity index (χ1) is 10.8. The molecule has 8 heteroatoms. The highest BCUT2D eigenvalue weighted by Gasteiger charge is 2.15. The summed E-state index contributed by atoms with van der Waals surface area (Å²) in [7, 11) is -2.25. The Labute approximate surface area is 138 Å². The van der Waals surface area contributed by atoms with Gasteiger partial charge in [-0.25, -0.2) is 17.9 Å². The van der Waals surface area contributed by atoms with Gasteiger partial charge in [-0.2, -0.15) is 0 Å². The molecule has 0 aliphatic heterocycles. The maximum atomic E-state index is 11.9. The van der Waals surface area contributed by atoms with Gasteiger partial charge in [-0.3, -0.25) is 4.79 Å². The normalized spacial score (nSPS) is 11.2. The Hall–Kier alpha value is -2.03. The lowest BCUT2D eigenvalue weighted by Crippen LogP contribution is -2.18. The standard InChI is InChI=1S/C15H15NO5S2/c1-10-3-8-14(22-10)13(17)9-21-15(18)11-4-6-12(7-5-11)23(19,20)16-2/h3-8,16H,9H2,1-2H3. The average molecular weight is 353 g/mol. The van der Waals surface area contributed by atoms with Crippen molar-refractivity contribution in [2.24, 2.45) is 0 Å². The number of Topliss-reactive ketones (excluding diaryl/α,β-unsaturated/α-hetero) is 1. The number of nitrogens with one attached hydrogen (secondary N) is 1. The van der Waals surface area contributed by atoms with Crippen molar-refractivity contribution in [1.29, 1.82) is 0 Å². The second-order valence-electron chi connectivity index (χ2n) is 4.64. The first-order valence-electron chi connectivity index (χ1n) is 6.64. The number of aryl methyl sites for hydroxylation is 1. The van der Waals surface area contributed by atoms with E-state index in [9.17, 15) is 18.0 Å². The number of esters is 1. The van der Waals surface area contributed by atoms with E-state index in [2.05, 4.69) is 4.72 Å². The number of rotatable bonds is 6. The molecule has 0 saturated heterocycles. The molecule has 122 valence electrons. The van der Waals surface area contributed by atoms with Gasteiger partial charge in [0.15, 0.2) is 6.61 Å². The van der Waals surface area contributed by atoms with Crippen molar-refractivity contribution in [3.8, 4) is 0 Å². The van der Waals surface area contributed by atoms with Gasteiger partial charge in [0.2, 0.25) is 15.8 Å². The summed E-state index contributed by atoms with van der Waals surface area (Å²) in [4.78, 5) is 25.3. The van der Waals surface area contributed by atoms with E-state index >= 15 is 0 Å². The summed E-state index contributed by atoms with van der Waals surface area (Å²) in [6, 6.07) is 8.78. The highest BCUT2D eigenvalue weighted by atomic mass is 32.2. The first kappa shape index (κ1) is 17.3. The van der Waals surface area contributed by atoms with Gasteiger partial charge in [0, 0.05) is 4.88 Å². The third-order valence-electron chi connectivity index (χ3n) is 3.02. The highest BCUT2D eigenvalue weighted by molar-refractivity contribution is 7.89. The van der Waals surface area contributed by atoms with Crippen LogP contribution in [-0.2, 0) is 14.8 Å². The molecule has 0 saturated carbocycles. The summed E-state index contributed by atoms with van der Waals surface area (Å²) in [5.41, 5.74) is 0.176. The zero-order valence-corrected chi connectivity index (χ0v) is 14.2. The van der Waals surface area contributed by atoms with E-state index in [-0.39, 0.29) is 22.8 Å². The monoisotopic (exact) mass is 353 g/mol. The number of hydrogen-bond acceptors (Lipinski definition) is 6. The quantitative estimate of drug-likeness (QED) is 0.634. The molecule has 0 aliphatic carbocycles. The fraction of sp³-hybridized carbons (Fsp3) is 0.200. The smallest absolute Gasteiger partial charge is 0.338 e. The predicted octanol–water partition coefficient (Wildman–Crippen LogP) is 2.00. The largest absolute Gasteiger partial charge is 0.454 e. The molecular weight excluding hydrogens is 338 g/mol. The molecule has 0 spiro atoms. The molecule has 0 aliphatic rings. The Morgan fingerprint density at radius 3 is 2.30 bits per heavy atom. The second-order valence-corrected chi connectivity index (χ2v) is 7.82. The van der Waals surface area contributed by atoms with E-state index in [1.165, 1.54) is 42.6 Å². The third kappa shape index (κ3) is 4.25. The molecule has 0 radical (unpaired) electrons. The van der Waals surface area contributed by atoms with Crippen molar-refractivity contribution in [3.05, 3.63) is 51.7 Å². The molecule has 6 nitrogen and oxygen atoms in total. The molecule has 1 aromatic heterocycles. The van der Waals surface area contributed by atoms with Crippen LogP contribution in [0.4, 0.5) is 0 Å². The molecule has 2 rings (SSSR count). The summed E-state index contributed by atoms with van der Waals surface area (Å²) in [5, 5.41) is 0. The van der Waals surface area contributed by atoms with Crippen LogP contribution in [0.2, 0.25) is 0 Å². The van der Waals surface area contributed by atoms with Crippen molar-refractivity contribution < 1.29 is 22.7 Å². The molecule has 23 heavy (non-hydrogen) atoms. The molecule has 0 fully saturated rings. The number of ketones is 1. The van der Waals surface area contributed by atoms with Crippen LogP contribution >= 0.6 is 11.3 Å². The van der Waals surface area contributed by atoms with Gasteiger partial charge in [-0.15, -0.1) is 11.3 Å². The number of carbonyl (C=O) groups excluding carboxylic acids is 2. The van der Waals surface area contributed by atoms with Gasteiger partial charge in [0.05, 0.1) is 15.3 Å². The maximum absolute atomic E-state index is 11.9. The summed E-state index contributed by atoms with van der Waals surface area (Å²) < 4.78 is 30.3. The molecule has 1 N–H and O–H groups in total. The fourth-order valence-electron chi connectivity index (χ4n) is 1.76. The van der Waals surface area contributed by atoms with E-state index < -0.39 is 16.0 Å². The van der Waals surface area contributed by atoms with Crippen LogP contribution in [-0.4, -0.2) is 33.8 Å². The van der Waals surface area contributed by atoms with E-state index in [1.54, 1.807) is 6.07 Å². The molecule has 0 amide bonds. The molecule has 0 bridgehead atoms. The van der Waals surface area contributed by atoms with Crippen LogP contribution in [0.1, 0.15) is 24.9 Å². The van der Waals surface area contributed by atoms with Gasteiger partial charge < -0.3 is 4.74 Å². The minimum Gasteiger partial charge on any atom is -0.454 e. The first-order valence-corrected chi connectivity index (χ1v) is 8.94. The number of sulfonamides is 1. The lowest BCUT2D eigenvalue weighted by molar-refractivity contribution is 0.0475. The molecule has 1 aromatic carbocycles. The third-order valence-corrected chi connectivity index (χ3v) is 5.49. The number of hydrogen-bond donors (Lipinski definition) is 1. The van der Waals surface area contributed by atoms with Crippen LogP contribution in [0, 0.1) is 6.92 Å². The predicted molar refractivity (Wildman–Crippen MR) is 86.4 cm³/mol. The van der Waals surface area contributed by atoms with Crippen molar-refractivity contribution in [3.63, 3.8) is 0 Å². The topological polar surface area (TPSA) is 89.5 Å². The van der Waals surface area contributed by atoms with E-state index in [1.807, 2.05) is 13.0 Å². The van der Waals surface area contributed by atoms with E-state index in [0.29, 0.717) is 4.88 Å². The number of benzene rings is 1. The highest BCUT2D eigenvalue weighted by Crippen LogP contribution is 2.16. The Bertz CT molecular complexity index is 822. The number of thiophene rings is 1. The Balaban J connectivity index is 2.00. The molecule has 2 aromatic rings. The van der Waals surface area contributed by atoms with Gasteiger partial charge in [-0.05, 0) is 50.4 Å². The van der Waals surface area contributed by atoms with Gasteiger partial charge in [0.1, 0.15) is 0 Å². The lowest BCUT2D eigenvalue weighted by Gasteiger charge is -2.05. The van der Waals surface area contributed by atoms with Gasteiger partial charge >= 0.3 is 5.97 Å². The minimum atomic E-state index is -3.55. The minimum absolute atomic E-state index is 0.0432. The summed E-state index contributed by atoms with van der Waals surface area (Å²) in [5.74, 6) is -0.953. The van der Waals surface area contributed by atoms with Crippen LogP contribution in [0.3, 0.4) is 0 Å². The average Bonchev–Trinajstić information content (AvgIpc) is 2.99. The van der Waals surface area contributed by atoms with Crippen molar-refractivity contribution in [2.45, 2.75) is 11.8 Å². The Morgan fingerprint density at radius 2 is 1.78 bits per heavy atom. The zero-order valence-electron chi connectivity index (χ0n) is 12.5. The Kier molecular flexibility index (Phi) is 5.30. The fourth-order valence-corrected chi connectivity index (χ4v) is 3.28. The molecule has 0 unspecified atom stereocenters. The maximum Gasteiger partial charge on any atom is 0.338 e. The van der Waals surface area contributed by atoms with Gasteiger partial charge in [0.25, 0.3) is 0 Å². The van der Waals surface area contributed by atoms with Crippen molar-refractivity contribution >= 4 is 33.1 Å². The second kappa shape index (κ2) is 7.03.